The maximum absolute atomic E-state index is 10.8. The van der Waals surface area contributed by atoms with Gasteiger partial charge in [-0.15, -0.1) is 0 Å². The molecular weight excluding hydrogens is 208 g/mol. The van der Waals surface area contributed by atoms with Gasteiger partial charge in [0.2, 0.25) is 0 Å². The zero-order valence-corrected chi connectivity index (χ0v) is 9.05. The number of nitrogens with zero attached hydrogens (tertiary/aromatic N) is 1. The highest BCUT2D eigenvalue weighted by Gasteiger charge is 2.14. The molecule has 2 N–H and O–H groups in total. The lowest BCUT2D eigenvalue weighted by Gasteiger charge is -2.04. The first kappa shape index (κ1) is 12.2. The molecule has 0 fully saturated rings. The van der Waals surface area contributed by atoms with Gasteiger partial charge in [-0.3, -0.25) is 10.1 Å². The molecule has 0 aliphatic rings. The third kappa shape index (κ3) is 3.36. The van der Waals surface area contributed by atoms with Crippen molar-refractivity contribution in [2.75, 3.05) is 13.2 Å². The third-order valence-electron chi connectivity index (χ3n) is 1.95. The number of hydrogen-bond acceptors (Lipinski definition) is 4. The molecule has 1 aromatic rings. The number of nitro groups is 1. The van der Waals surface area contributed by atoms with E-state index in [4.69, 9.17) is 10.5 Å². The van der Waals surface area contributed by atoms with Crippen LogP contribution in [-0.2, 0) is 0 Å². The number of benzene rings is 1. The molecule has 0 heterocycles. The Balaban J connectivity index is 2.78. The highest BCUT2D eigenvalue weighted by atomic mass is 16.6. The number of rotatable bonds is 5. The van der Waals surface area contributed by atoms with Gasteiger partial charge in [0.25, 0.3) is 0 Å². The van der Waals surface area contributed by atoms with Gasteiger partial charge < -0.3 is 10.5 Å². The number of nitro benzene ring substituents is 1. The molecule has 5 heteroatoms. The largest absolute Gasteiger partial charge is 0.483 e. The average molecular weight is 222 g/mol. The van der Waals surface area contributed by atoms with Crippen LogP contribution in [0.4, 0.5) is 5.69 Å². The van der Waals surface area contributed by atoms with Gasteiger partial charge in [0.05, 0.1) is 4.92 Å². The second-order valence-electron chi connectivity index (χ2n) is 3.25. The van der Waals surface area contributed by atoms with Crippen molar-refractivity contribution in [1.82, 2.24) is 0 Å². The molecule has 0 unspecified atom stereocenters. The van der Waals surface area contributed by atoms with E-state index in [-0.39, 0.29) is 18.0 Å². The van der Waals surface area contributed by atoms with E-state index in [1.807, 2.05) is 0 Å². The summed E-state index contributed by atoms with van der Waals surface area (Å²) in [6, 6.07) is 4.86. The third-order valence-corrected chi connectivity index (χ3v) is 1.95. The van der Waals surface area contributed by atoms with E-state index in [0.717, 1.165) is 5.56 Å². The lowest BCUT2D eigenvalue weighted by atomic mass is 10.2. The van der Waals surface area contributed by atoms with Gasteiger partial charge in [0.1, 0.15) is 6.61 Å². The lowest BCUT2D eigenvalue weighted by molar-refractivity contribution is -0.385. The summed E-state index contributed by atoms with van der Waals surface area (Å²) in [4.78, 5) is 10.3. The van der Waals surface area contributed by atoms with Crippen LogP contribution in [0.3, 0.4) is 0 Å². The quantitative estimate of drug-likeness (QED) is 0.468. The average Bonchev–Trinajstić information content (AvgIpc) is 2.26. The molecule has 1 rings (SSSR count). The minimum absolute atomic E-state index is 0.0128. The van der Waals surface area contributed by atoms with Crippen molar-refractivity contribution in [3.63, 3.8) is 0 Å². The molecule has 0 spiro atoms. The minimum Gasteiger partial charge on any atom is -0.483 e. The number of nitrogens with two attached hydrogens (primary N) is 1. The zero-order chi connectivity index (χ0) is 12.0. The first-order valence-electron chi connectivity index (χ1n) is 4.88. The molecule has 0 saturated carbocycles. The zero-order valence-electron chi connectivity index (χ0n) is 9.05. The van der Waals surface area contributed by atoms with Crippen molar-refractivity contribution < 1.29 is 9.66 Å². The Hall–Kier alpha value is -1.88. The van der Waals surface area contributed by atoms with Gasteiger partial charge in [0, 0.05) is 12.6 Å². The van der Waals surface area contributed by atoms with Crippen LogP contribution >= 0.6 is 0 Å². The molecule has 0 aliphatic carbocycles. The second kappa shape index (κ2) is 5.87. The fourth-order valence-corrected chi connectivity index (χ4v) is 1.19. The second-order valence-corrected chi connectivity index (χ2v) is 3.25. The summed E-state index contributed by atoms with van der Waals surface area (Å²) in [6.45, 7) is 2.51. The highest BCUT2D eigenvalue weighted by Crippen LogP contribution is 2.27. The van der Waals surface area contributed by atoms with Gasteiger partial charge >= 0.3 is 5.69 Å². The Kier molecular flexibility index (Phi) is 4.47. The molecular formula is C11H14N2O3. The first-order chi connectivity index (χ1) is 7.65. The van der Waals surface area contributed by atoms with Crippen molar-refractivity contribution in [1.29, 1.82) is 0 Å². The standard InChI is InChI=1S/C11H14N2O3/c1-9-4-5-11(10(8-9)13(14)15)16-7-3-2-6-12/h2-5,8H,6-7,12H2,1H3. The van der Waals surface area contributed by atoms with Gasteiger partial charge in [-0.1, -0.05) is 18.2 Å². The smallest absolute Gasteiger partial charge is 0.311 e. The van der Waals surface area contributed by atoms with Crippen molar-refractivity contribution in [3.8, 4) is 5.75 Å². The van der Waals surface area contributed by atoms with Crippen LogP contribution in [0, 0.1) is 17.0 Å². The summed E-state index contributed by atoms with van der Waals surface area (Å²) < 4.78 is 5.27. The lowest BCUT2D eigenvalue weighted by Crippen LogP contribution is -2.00. The normalized spacial score (nSPS) is 10.6. The predicted molar refractivity (Wildman–Crippen MR) is 61.5 cm³/mol. The summed E-state index contributed by atoms with van der Waals surface area (Å²) in [5, 5.41) is 10.8. The summed E-state index contributed by atoms with van der Waals surface area (Å²) in [5.41, 5.74) is 6.07. The fourth-order valence-electron chi connectivity index (χ4n) is 1.19. The van der Waals surface area contributed by atoms with Crippen LogP contribution in [0.15, 0.2) is 30.4 Å². The van der Waals surface area contributed by atoms with Crippen LogP contribution in [0.25, 0.3) is 0 Å². The van der Waals surface area contributed by atoms with Gasteiger partial charge in [-0.05, 0) is 18.6 Å². The van der Waals surface area contributed by atoms with E-state index in [1.165, 1.54) is 6.07 Å². The summed E-state index contributed by atoms with van der Waals surface area (Å²) in [6.07, 6.45) is 3.46. The Morgan fingerprint density at radius 3 is 2.88 bits per heavy atom. The van der Waals surface area contributed by atoms with Crippen LogP contribution in [0.1, 0.15) is 5.56 Å². The highest BCUT2D eigenvalue weighted by molar-refractivity contribution is 5.48. The molecule has 86 valence electrons. The van der Waals surface area contributed by atoms with E-state index < -0.39 is 4.92 Å². The minimum atomic E-state index is -0.449. The Morgan fingerprint density at radius 2 is 2.25 bits per heavy atom. The number of hydrogen-bond donors (Lipinski definition) is 1. The molecule has 0 aliphatic heterocycles. The van der Waals surface area contributed by atoms with Crippen LogP contribution in [0.2, 0.25) is 0 Å². The SMILES string of the molecule is Cc1ccc(OCC=CCN)c([N+](=O)[O-])c1. The van der Waals surface area contributed by atoms with E-state index in [0.29, 0.717) is 6.54 Å². The molecule has 1 aromatic carbocycles. The number of ether oxygens (including phenoxy) is 1. The maximum Gasteiger partial charge on any atom is 0.311 e. The molecule has 0 radical (unpaired) electrons. The van der Waals surface area contributed by atoms with Crippen molar-refractivity contribution in [2.24, 2.45) is 5.73 Å². The fraction of sp³-hybridized carbons (Fsp3) is 0.273. The monoisotopic (exact) mass is 222 g/mol. The van der Waals surface area contributed by atoms with Crippen LogP contribution in [0.5, 0.6) is 5.75 Å². The van der Waals surface area contributed by atoms with Crippen molar-refractivity contribution in [3.05, 3.63) is 46.0 Å². The van der Waals surface area contributed by atoms with E-state index in [1.54, 1.807) is 31.2 Å². The molecule has 0 bridgehead atoms. The summed E-state index contributed by atoms with van der Waals surface area (Å²) in [7, 11) is 0. The van der Waals surface area contributed by atoms with Crippen molar-refractivity contribution >= 4 is 5.69 Å². The Bertz CT molecular complexity index is 402. The van der Waals surface area contributed by atoms with Crippen LogP contribution in [-0.4, -0.2) is 18.1 Å². The van der Waals surface area contributed by atoms with E-state index >= 15 is 0 Å². The van der Waals surface area contributed by atoms with Gasteiger partial charge in [0.15, 0.2) is 5.75 Å². The molecule has 16 heavy (non-hydrogen) atoms. The molecule has 0 atom stereocenters. The molecule has 0 saturated heterocycles. The molecule has 0 amide bonds. The Labute approximate surface area is 93.7 Å². The summed E-state index contributed by atoms with van der Waals surface area (Å²) >= 11 is 0. The van der Waals surface area contributed by atoms with Crippen LogP contribution < -0.4 is 10.5 Å². The van der Waals surface area contributed by atoms with Crippen molar-refractivity contribution in [2.45, 2.75) is 6.92 Å². The molecule has 0 aromatic heterocycles. The van der Waals surface area contributed by atoms with E-state index in [2.05, 4.69) is 0 Å². The number of aryl methyl sites for hydroxylation is 1. The summed E-state index contributed by atoms with van der Waals surface area (Å²) in [5.74, 6) is 0.275. The Morgan fingerprint density at radius 1 is 1.50 bits per heavy atom. The molecule has 5 nitrogen and oxygen atoms in total. The van der Waals surface area contributed by atoms with E-state index in [9.17, 15) is 10.1 Å². The topological polar surface area (TPSA) is 78.4 Å². The first-order valence-corrected chi connectivity index (χ1v) is 4.88. The predicted octanol–water partition coefficient (Wildman–Crippen LogP) is 1.80. The van der Waals surface area contributed by atoms with Gasteiger partial charge in [-0.25, -0.2) is 0 Å². The van der Waals surface area contributed by atoms with Gasteiger partial charge in [-0.2, -0.15) is 0 Å². The maximum atomic E-state index is 10.8.